The number of aromatic hydroxyl groups is 1. The van der Waals surface area contributed by atoms with E-state index in [1.807, 2.05) is 6.92 Å². The van der Waals surface area contributed by atoms with Gasteiger partial charge in [-0.3, -0.25) is 4.79 Å². The molecule has 4 nitrogen and oxygen atoms in total. The van der Waals surface area contributed by atoms with Crippen LogP contribution in [0.5, 0.6) is 5.75 Å². The number of nitrogens with zero attached hydrogens (tertiary/aromatic N) is 1. The molecule has 1 aromatic carbocycles. The summed E-state index contributed by atoms with van der Waals surface area (Å²) >= 11 is 10.7. The van der Waals surface area contributed by atoms with Gasteiger partial charge >= 0.3 is 0 Å². The van der Waals surface area contributed by atoms with Crippen molar-refractivity contribution >= 4 is 34.7 Å². The van der Waals surface area contributed by atoms with Crippen LogP contribution in [-0.4, -0.2) is 34.0 Å². The van der Waals surface area contributed by atoms with Gasteiger partial charge in [0.05, 0.1) is 22.1 Å². The summed E-state index contributed by atoms with van der Waals surface area (Å²) in [4.78, 5) is 13.8. The van der Waals surface area contributed by atoms with Crippen LogP contribution in [0, 0.1) is 0 Å². The van der Waals surface area contributed by atoms with Gasteiger partial charge in [-0.25, -0.2) is 0 Å². The number of nitrogens with two attached hydrogens (primary N) is 1. The summed E-state index contributed by atoms with van der Waals surface area (Å²) in [5.41, 5.74) is 5.65. The minimum Gasteiger partial charge on any atom is -0.508 e. The maximum Gasteiger partial charge on any atom is 0.255 e. The zero-order valence-corrected chi connectivity index (χ0v) is 10.9. The monoisotopic (exact) mass is 272 g/mol. The Morgan fingerprint density at radius 1 is 1.59 bits per heavy atom. The first-order chi connectivity index (χ1) is 7.95. The molecular weight excluding hydrogens is 260 g/mol. The van der Waals surface area contributed by atoms with Crippen LogP contribution in [0.25, 0.3) is 0 Å². The van der Waals surface area contributed by atoms with Crippen LogP contribution in [0.1, 0.15) is 17.3 Å². The molecule has 0 saturated heterocycles. The molecule has 3 N–H and O–H groups in total. The molecule has 0 aromatic heterocycles. The zero-order valence-electron chi connectivity index (χ0n) is 9.31. The van der Waals surface area contributed by atoms with E-state index in [-0.39, 0.29) is 33.8 Å². The van der Waals surface area contributed by atoms with Crippen molar-refractivity contribution in [2.75, 3.05) is 13.1 Å². The normalized spacial score (nSPS) is 10.0. The fourth-order valence-corrected chi connectivity index (χ4v) is 1.72. The topological polar surface area (TPSA) is 66.6 Å². The van der Waals surface area contributed by atoms with Crippen LogP contribution in [0.3, 0.4) is 0 Å². The van der Waals surface area contributed by atoms with Crippen molar-refractivity contribution in [1.82, 2.24) is 4.90 Å². The van der Waals surface area contributed by atoms with E-state index in [1.165, 1.54) is 23.1 Å². The van der Waals surface area contributed by atoms with Gasteiger partial charge in [-0.05, 0) is 25.1 Å². The summed E-state index contributed by atoms with van der Waals surface area (Å²) < 4.78 is 0. The highest BCUT2D eigenvalue weighted by Gasteiger charge is 2.18. The molecule has 0 fully saturated rings. The second-order valence-corrected chi connectivity index (χ2v) is 4.38. The average Bonchev–Trinajstić information content (AvgIpc) is 2.28. The lowest BCUT2D eigenvalue weighted by molar-refractivity contribution is 0.0787. The number of hydrogen-bond donors (Lipinski definition) is 2. The number of benzene rings is 1. The highest BCUT2D eigenvalue weighted by Crippen LogP contribution is 2.22. The lowest BCUT2D eigenvalue weighted by atomic mass is 10.2. The Labute approximate surface area is 110 Å². The minimum atomic E-state index is -0.304. The summed E-state index contributed by atoms with van der Waals surface area (Å²) in [5, 5.41) is 9.63. The molecule has 0 aliphatic heterocycles. The van der Waals surface area contributed by atoms with E-state index in [0.29, 0.717) is 6.54 Å². The minimum absolute atomic E-state index is 0.0101. The zero-order chi connectivity index (χ0) is 13.0. The maximum absolute atomic E-state index is 12.1. The lowest BCUT2D eigenvalue weighted by Gasteiger charge is -2.20. The number of thiocarbonyl (C=S) groups is 1. The van der Waals surface area contributed by atoms with E-state index in [1.54, 1.807) is 0 Å². The van der Waals surface area contributed by atoms with E-state index in [2.05, 4.69) is 0 Å². The van der Waals surface area contributed by atoms with Gasteiger partial charge in [0.1, 0.15) is 5.75 Å². The Morgan fingerprint density at radius 2 is 2.24 bits per heavy atom. The van der Waals surface area contributed by atoms with Crippen LogP contribution in [0.15, 0.2) is 18.2 Å². The first kappa shape index (κ1) is 13.7. The number of carbonyl (C=O) groups excluding carboxylic acids is 1. The number of carbonyl (C=O) groups is 1. The number of rotatable bonds is 4. The third kappa shape index (κ3) is 3.57. The molecule has 17 heavy (non-hydrogen) atoms. The number of hydrogen-bond acceptors (Lipinski definition) is 3. The van der Waals surface area contributed by atoms with Gasteiger partial charge in [0, 0.05) is 6.54 Å². The van der Waals surface area contributed by atoms with Crippen LogP contribution >= 0.6 is 23.8 Å². The highest BCUT2D eigenvalue weighted by molar-refractivity contribution is 7.80. The van der Waals surface area contributed by atoms with E-state index in [0.717, 1.165) is 0 Å². The highest BCUT2D eigenvalue weighted by atomic mass is 35.5. The standard InChI is InChI=1S/C11H13ClN2O2S/c1-2-14(6-10(13)17)11(16)8-5-7(15)3-4-9(8)12/h3-5,15H,2,6H2,1H3,(H2,13,17). The number of phenolic OH excluding ortho intramolecular Hbond substituents is 1. The van der Waals surface area contributed by atoms with Crippen molar-refractivity contribution in [3.05, 3.63) is 28.8 Å². The Kier molecular flexibility index (Phi) is 4.72. The first-order valence-corrected chi connectivity index (χ1v) is 5.80. The molecule has 0 aliphatic carbocycles. The summed E-state index contributed by atoms with van der Waals surface area (Å²) in [6.45, 7) is 2.46. The summed E-state index contributed by atoms with van der Waals surface area (Å²) in [7, 11) is 0. The predicted molar refractivity (Wildman–Crippen MR) is 71.5 cm³/mol. The van der Waals surface area contributed by atoms with Crippen molar-refractivity contribution < 1.29 is 9.90 Å². The molecule has 0 heterocycles. The first-order valence-electron chi connectivity index (χ1n) is 5.01. The molecule has 0 aliphatic rings. The number of halogens is 1. The van der Waals surface area contributed by atoms with Gasteiger partial charge in [0.2, 0.25) is 0 Å². The molecule has 0 bridgehead atoms. The van der Waals surface area contributed by atoms with Gasteiger partial charge in [0.15, 0.2) is 0 Å². The van der Waals surface area contributed by atoms with Gasteiger partial charge in [-0.2, -0.15) is 0 Å². The Bertz CT molecular complexity index is 451. The third-order valence-corrected chi connectivity index (χ3v) is 2.65. The molecule has 1 aromatic rings. The maximum atomic E-state index is 12.1. The van der Waals surface area contributed by atoms with Crippen LogP contribution in [-0.2, 0) is 0 Å². The lowest BCUT2D eigenvalue weighted by Crippen LogP contribution is -2.37. The molecule has 92 valence electrons. The number of phenols is 1. The van der Waals surface area contributed by atoms with E-state index in [9.17, 15) is 9.90 Å². The molecule has 0 unspecified atom stereocenters. The van der Waals surface area contributed by atoms with Crippen LogP contribution in [0.2, 0.25) is 5.02 Å². The fourth-order valence-electron chi connectivity index (χ4n) is 1.36. The second-order valence-electron chi connectivity index (χ2n) is 3.45. The van der Waals surface area contributed by atoms with E-state index in [4.69, 9.17) is 29.6 Å². The van der Waals surface area contributed by atoms with Gasteiger partial charge < -0.3 is 15.7 Å². The molecule has 1 rings (SSSR count). The van der Waals surface area contributed by atoms with Gasteiger partial charge in [-0.15, -0.1) is 0 Å². The SMILES string of the molecule is CCN(CC(N)=S)C(=O)c1cc(O)ccc1Cl. The number of amides is 1. The smallest absolute Gasteiger partial charge is 0.255 e. The number of likely N-dealkylation sites (N-methyl/N-ethyl adjacent to an activating group) is 1. The third-order valence-electron chi connectivity index (χ3n) is 2.20. The fraction of sp³-hybridized carbons (Fsp3) is 0.273. The van der Waals surface area contributed by atoms with Crippen LogP contribution < -0.4 is 5.73 Å². The molecule has 0 spiro atoms. The van der Waals surface area contributed by atoms with Crippen molar-refractivity contribution in [1.29, 1.82) is 0 Å². The van der Waals surface area contributed by atoms with E-state index >= 15 is 0 Å². The second kappa shape index (κ2) is 5.84. The summed E-state index contributed by atoms with van der Waals surface area (Å²) in [6.07, 6.45) is 0. The predicted octanol–water partition coefficient (Wildman–Crippen LogP) is 1.79. The Balaban J connectivity index is 3.01. The Morgan fingerprint density at radius 3 is 2.76 bits per heavy atom. The molecule has 0 atom stereocenters. The quantitative estimate of drug-likeness (QED) is 0.820. The van der Waals surface area contributed by atoms with Crippen molar-refractivity contribution in [2.24, 2.45) is 5.73 Å². The van der Waals surface area contributed by atoms with E-state index < -0.39 is 0 Å². The summed E-state index contributed by atoms with van der Waals surface area (Å²) in [5.74, 6) is -0.315. The van der Waals surface area contributed by atoms with Crippen LogP contribution in [0.4, 0.5) is 0 Å². The largest absolute Gasteiger partial charge is 0.508 e. The Hall–Kier alpha value is -1.33. The van der Waals surface area contributed by atoms with Crippen molar-refractivity contribution in [3.8, 4) is 5.75 Å². The molecule has 1 amide bonds. The average molecular weight is 273 g/mol. The van der Waals surface area contributed by atoms with Gasteiger partial charge in [0.25, 0.3) is 5.91 Å². The molecule has 0 radical (unpaired) electrons. The molecular formula is C11H13ClN2O2S. The van der Waals surface area contributed by atoms with Gasteiger partial charge in [-0.1, -0.05) is 23.8 Å². The molecule has 0 saturated carbocycles. The van der Waals surface area contributed by atoms with Crippen molar-refractivity contribution in [3.63, 3.8) is 0 Å². The van der Waals surface area contributed by atoms with Crippen molar-refractivity contribution in [2.45, 2.75) is 6.92 Å². The summed E-state index contributed by atoms with van der Waals surface area (Å²) in [6, 6.07) is 4.22. The molecule has 6 heteroatoms.